The van der Waals surface area contributed by atoms with Gasteiger partial charge in [0.15, 0.2) is 0 Å². The predicted octanol–water partition coefficient (Wildman–Crippen LogP) is 5.82. The highest BCUT2D eigenvalue weighted by Crippen LogP contribution is 2.13. The Morgan fingerprint density at radius 2 is 1.78 bits per heavy atom. The fourth-order valence-corrected chi connectivity index (χ4v) is 2.33. The summed E-state index contributed by atoms with van der Waals surface area (Å²) in [6, 6.07) is 14.6. The molecule has 140 valence electrons. The van der Waals surface area contributed by atoms with Crippen LogP contribution in [0.4, 0.5) is 10.5 Å². The Morgan fingerprint density at radius 1 is 1.11 bits per heavy atom. The number of nitrogens with one attached hydrogen (secondary N) is 2. The van der Waals surface area contributed by atoms with E-state index in [2.05, 4.69) is 17.2 Å². The van der Waals surface area contributed by atoms with Gasteiger partial charge in [0, 0.05) is 17.3 Å². The maximum absolute atomic E-state index is 12.0. The molecule has 27 heavy (non-hydrogen) atoms. The number of anilines is 1. The Hall–Kier alpha value is -2.98. The van der Waals surface area contributed by atoms with Crippen LogP contribution in [0.3, 0.4) is 0 Å². The summed E-state index contributed by atoms with van der Waals surface area (Å²) < 4.78 is 5.71. The lowest BCUT2D eigenvalue weighted by atomic mass is 10.2. The van der Waals surface area contributed by atoms with Gasteiger partial charge in [0.2, 0.25) is 0 Å². The molecule has 0 spiro atoms. The first kappa shape index (κ1) is 20.3. The molecule has 0 atom stereocenters. The normalized spacial score (nSPS) is 11.3. The molecule has 0 saturated carbocycles. The van der Waals surface area contributed by atoms with E-state index in [9.17, 15) is 4.79 Å². The predicted molar refractivity (Wildman–Crippen MR) is 112 cm³/mol. The Labute approximate surface area is 165 Å². The topological polar surface area (TPSA) is 50.4 Å². The summed E-state index contributed by atoms with van der Waals surface area (Å²) in [5.74, 6) is 0.777. The zero-order chi connectivity index (χ0) is 19.5. The van der Waals surface area contributed by atoms with Crippen LogP contribution < -0.4 is 10.6 Å². The third-order valence-electron chi connectivity index (χ3n) is 3.66. The first-order valence-electron chi connectivity index (χ1n) is 8.57. The highest BCUT2D eigenvalue weighted by Gasteiger charge is 2.03. The number of allylic oxidation sites excluding steroid dienone is 4. The van der Waals surface area contributed by atoms with Crippen molar-refractivity contribution in [2.45, 2.75) is 20.1 Å². The van der Waals surface area contributed by atoms with Gasteiger partial charge in [0.25, 0.3) is 0 Å². The summed E-state index contributed by atoms with van der Waals surface area (Å²) in [7, 11) is 0. The van der Waals surface area contributed by atoms with Crippen molar-refractivity contribution in [3.8, 4) is 0 Å². The van der Waals surface area contributed by atoms with E-state index in [1.807, 2.05) is 61.5 Å². The van der Waals surface area contributed by atoms with Crippen molar-refractivity contribution in [1.82, 2.24) is 5.32 Å². The molecule has 2 aromatic rings. The van der Waals surface area contributed by atoms with Gasteiger partial charge in [-0.1, -0.05) is 54.6 Å². The summed E-state index contributed by atoms with van der Waals surface area (Å²) in [5.41, 5.74) is 2.70. The van der Waals surface area contributed by atoms with Crippen LogP contribution in [0.1, 0.15) is 18.1 Å². The van der Waals surface area contributed by atoms with Crippen LogP contribution in [-0.2, 0) is 17.9 Å². The Kier molecular flexibility index (Phi) is 8.20. The van der Waals surface area contributed by atoms with Crippen molar-refractivity contribution in [2.24, 2.45) is 0 Å². The number of benzene rings is 2. The lowest BCUT2D eigenvalue weighted by molar-refractivity contribution is 0.210. The SMILES string of the molecule is C=C/C=C\C(=C/C)OCc1ccc(NC(=O)NCc2ccc(Cl)cc2)cc1. The number of halogens is 1. The van der Waals surface area contributed by atoms with Gasteiger partial charge in [0.05, 0.1) is 0 Å². The summed E-state index contributed by atoms with van der Waals surface area (Å²) in [6.45, 7) is 6.43. The molecule has 0 saturated heterocycles. The van der Waals surface area contributed by atoms with Crippen molar-refractivity contribution in [3.05, 3.63) is 101 Å². The van der Waals surface area contributed by atoms with Crippen LogP contribution in [0, 0.1) is 0 Å². The number of amides is 2. The summed E-state index contributed by atoms with van der Waals surface area (Å²) in [4.78, 5) is 12.0. The van der Waals surface area contributed by atoms with E-state index in [4.69, 9.17) is 16.3 Å². The average molecular weight is 383 g/mol. The number of urea groups is 1. The fraction of sp³-hybridized carbons (Fsp3) is 0.136. The van der Waals surface area contributed by atoms with Crippen molar-refractivity contribution < 1.29 is 9.53 Å². The molecule has 0 heterocycles. The van der Waals surface area contributed by atoms with E-state index in [0.717, 1.165) is 16.9 Å². The van der Waals surface area contributed by atoms with Crippen LogP contribution in [0.2, 0.25) is 5.02 Å². The molecule has 0 fully saturated rings. The number of rotatable bonds is 8. The summed E-state index contributed by atoms with van der Waals surface area (Å²) >= 11 is 5.85. The smallest absolute Gasteiger partial charge is 0.319 e. The van der Waals surface area contributed by atoms with Crippen LogP contribution in [-0.4, -0.2) is 6.03 Å². The Balaban J connectivity index is 1.80. The first-order valence-corrected chi connectivity index (χ1v) is 8.95. The van der Waals surface area contributed by atoms with Gasteiger partial charge in [-0.2, -0.15) is 0 Å². The van der Waals surface area contributed by atoms with E-state index in [1.54, 1.807) is 18.2 Å². The largest absolute Gasteiger partial charge is 0.489 e. The molecule has 0 radical (unpaired) electrons. The van der Waals surface area contributed by atoms with Gasteiger partial charge in [-0.05, 0) is 54.5 Å². The summed E-state index contributed by atoms with van der Waals surface area (Å²) in [6.07, 6.45) is 7.27. The van der Waals surface area contributed by atoms with Crippen molar-refractivity contribution in [2.75, 3.05) is 5.32 Å². The van der Waals surface area contributed by atoms with Gasteiger partial charge in [-0.25, -0.2) is 4.79 Å². The zero-order valence-corrected chi connectivity index (χ0v) is 16.0. The number of carbonyl (C=O) groups is 1. The standard InChI is InChI=1S/C22H23ClN2O2/c1-3-5-6-21(4-2)27-16-18-9-13-20(14-10-18)25-22(26)24-15-17-7-11-19(23)12-8-17/h3-14H,1,15-16H2,2H3,(H2,24,25,26)/b6-5-,21-4+. The van der Waals surface area contributed by atoms with Crippen molar-refractivity contribution in [1.29, 1.82) is 0 Å². The Morgan fingerprint density at radius 3 is 2.41 bits per heavy atom. The second-order valence-corrected chi connectivity index (χ2v) is 6.14. The molecular formula is C22H23ClN2O2. The van der Waals surface area contributed by atoms with Crippen molar-refractivity contribution in [3.63, 3.8) is 0 Å². The quantitative estimate of drug-likeness (QED) is 0.446. The molecule has 0 aliphatic carbocycles. The molecule has 2 amide bonds. The number of ether oxygens (including phenoxy) is 1. The van der Waals surface area contributed by atoms with E-state index < -0.39 is 0 Å². The van der Waals surface area contributed by atoms with E-state index in [0.29, 0.717) is 23.9 Å². The number of carbonyl (C=O) groups excluding carboxylic acids is 1. The molecule has 4 nitrogen and oxygen atoms in total. The third kappa shape index (κ3) is 7.42. The van der Waals surface area contributed by atoms with Gasteiger partial charge in [-0.15, -0.1) is 0 Å². The Bertz CT molecular complexity index is 809. The number of hydrogen-bond donors (Lipinski definition) is 2. The fourth-order valence-electron chi connectivity index (χ4n) is 2.20. The average Bonchev–Trinajstić information content (AvgIpc) is 2.69. The zero-order valence-electron chi connectivity index (χ0n) is 15.2. The first-order chi connectivity index (χ1) is 13.1. The molecule has 5 heteroatoms. The lowest BCUT2D eigenvalue weighted by Gasteiger charge is -2.10. The highest BCUT2D eigenvalue weighted by atomic mass is 35.5. The molecule has 2 rings (SSSR count). The second kappa shape index (κ2) is 10.9. The molecule has 0 bridgehead atoms. The van der Waals surface area contributed by atoms with Gasteiger partial charge >= 0.3 is 6.03 Å². The van der Waals surface area contributed by atoms with Gasteiger partial charge in [-0.3, -0.25) is 0 Å². The molecule has 0 unspecified atom stereocenters. The molecule has 0 aliphatic rings. The number of hydrogen-bond acceptors (Lipinski definition) is 2. The minimum atomic E-state index is -0.264. The molecule has 2 aromatic carbocycles. The second-order valence-electron chi connectivity index (χ2n) is 5.71. The van der Waals surface area contributed by atoms with Gasteiger partial charge in [0.1, 0.15) is 12.4 Å². The van der Waals surface area contributed by atoms with E-state index in [-0.39, 0.29) is 6.03 Å². The molecule has 0 aliphatic heterocycles. The van der Waals surface area contributed by atoms with Crippen LogP contribution >= 0.6 is 11.6 Å². The maximum Gasteiger partial charge on any atom is 0.319 e. The van der Waals surface area contributed by atoms with Crippen LogP contribution in [0.5, 0.6) is 0 Å². The third-order valence-corrected chi connectivity index (χ3v) is 3.92. The monoisotopic (exact) mass is 382 g/mol. The minimum Gasteiger partial charge on any atom is -0.489 e. The van der Waals surface area contributed by atoms with Gasteiger partial charge < -0.3 is 15.4 Å². The van der Waals surface area contributed by atoms with E-state index >= 15 is 0 Å². The lowest BCUT2D eigenvalue weighted by Crippen LogP contribution is -2.28. The molecule has 2 N–H and O–H groups in total. The van der Waals surface area contributed by atoms with E-state index in [1.165, 1.54) is 0 Å². The summed E-state index contributed by atoms with van der Waals surface area (Å²) in [5, 5.41) is 6.28. The van der Waals surface area contributed by atoms with Crippen molar-refractivity contribution >= 4 is 23.3 Å². The van der Waals surface area contributed by atoms with Crippen LogP contribution in [0.25, 0.3) is 0 Å². The maximum atomic E-state index is 12.0. The molecular weight excluding hydrogens is 360 g/mol. The highest BCUT2D eigenvalue weighted by molar-refractivity contribution is 6.30. The molecule has 0 aromatic heterocycles. The van der Waals surface area contributed by atoms with Crippen LogP contribution in [0.15, 0.2) is 85.2 Å². The minimum absolute atomic E-state index is 0.264.